The Bertz CT molecular complexity index is 1430. The molecular formula is C21H18N6O2S. The Labute approximate surface area is 175 Å². The van der Waals surface area contributed by atoms with Gasteiger partial charge in [-0.1, -0.05) is 54.2 Å². The monoisotopic (exact) mass is 418 g/mol. The summed E-state index contributed by atoms with van der Waals surface area (Å²) in [4.78, 5) is 17.7. The molecule has 2 aromatic carbocycles. The van der Waals surface area contributed by atoms with Crippen LogP contribution in [0.2, 0.25) is 0 Å². The Morgan fingerprint density at radius 2 is 1.87 bits per heavy atom. The topological polar surface area (TPSA) is 91.1 Å². The van der Waals surface area contributed by atoms with E-state index >= 15 is 0 Å². The second-order valence-electron chi connectivity index (χ2n) is 6.81. The van der Waals surface area contributed by atoms with Crippen molar-refractivity contribution in [1.29, 1.82) is 0 Å². The lowest BCUT2D eigenvalue weighted by Gasteiger charge is -2.13. The molecule has 0 bridgehead atoms. The van der Waals surface area contributed by atoms with Gasteiger partial charge in [-0.2, -0.15) is 4.98 Å². The molecule has 30 heavy (non-hydrogen) atoms. The summed E-state index contributed by atoms with van der Waals surface area (Å²) < 4.78 is 8.82. The van der Waals surface area contributed by atoms with E-state index in [2.05, 4.69) is 20.3 Å². The van der Waals surface area contributed by atoms with Gasteiger partial charge < -0.3 is 4.52 Å². The van der Waals surface area contributed by atoms with Crippen LogP contribution in [0.3, 0.4) is 0 Å². The van der Waals surface area contributed by atoms with E-state index in [-0.39, 0.29) is 5.56 Å². The quantitative estimate of drug-likeness (QED) is 0.403. The molecule has 0 saturated carbocycles. The summed E-state index contributed by atoms with van der Waals surface area (Å²) in [6.45, 7) is 3.95. The molecule has 0 fully saturated rings. The lowest BCUT2D eigenvalue weighted by molar-refractivity contribution is 0.385. The molecule has 0 unspecified atom stereocenters. The normalized spacial score (nSPS) is 11.5. The van der Waals surface area contributed by atoms with Gasteiger partial charge in [-0.3, -0.25) is 9.20 Å². The number of nitrogens with zero attached hydrogens (tertiary/aromatic N) is 6. The van der Waals surface area contributed by atoms with Gasteiger partial charge >= 0.3 is 0 Å². The third kappa shape index (κ3) is 2.98. The van der Waals surface area contributed by atoms with Crippen molar-refractivity contribution < 1.29 is 4.52 Å². The smallest absolute Gasteiger partial charge is 0.267 e. The van der Waals surface area contributed by atoms with Gasteiger partial charge in [0.2, 0.25) is 11.7 Å². The van der Waals surface area contributed by atoms with Gasteiger partial charge in [0.15, 0.2) is 11.0 Å². The minimum atomic E-state index is -0.124. The molecule has 0 N–H and O–H groups in total. The van der Waals surface area contributed by atoms with E-state index in [0.717, 1.165) is 23.2 Å². The van der Waals surface area contributed by atoms with E-state index in [9.17, 15) is 4.79 Å². The number of benzene rings is 2. The molecule has 5 rings (SSSR count). The SMILES string of the molecule is CCc1noc(CSc2nnc3n(-c4ccccc4C)c(=O)c4ccccc4n23)n1. The second kappa shape index (κ2) is 7.42. The molecule has 8 nitrogen and oxygen atoms in total. The lowest BCUT2D eigenvalue weighted by Crippen LogP contribution is -2.22. The molecule has 0 aliphatic rings. The van der Waals surface area contributed by atoms with Crippen LogP contribution >= 0.6 is 11.8 Å². The summed E-state index contributed by atoms with van der Waals surface area (Å²) in [7, 11) is 0. The van der Waals surface area contributed by atoms with Crippen LogP contribution in [0.5, 0.6) is 0 Å². The standard InChI is InChI=1S/C21H18N6O2S/c1-3-17-22-18(29-25-17)12-30-21-24-23-20-26(15-10-6-4-8-13(15)2)19(28)14-9-5-7-11-16(14)27(20)21/h4-11H,3,12H2,1-2H3. The van der Waals surface area contributed by atoms with Crippen LogP contribution in [-0.4, -0.2) is 29.3 Å². The minimum Gasteiger partial charge on any atom is -0.338 e. The molecule has 0 saturated heterocycles. The summed E-state index contributed by atoms with van der Waals surface area (Å²) in [5, 5.41) is 13.9. The lowest BCUT2D eigenvalue weighted by atomic mass is 10.2. The number of thioether (sulfide) groups is 1. The van der Waals surface area contributed by atoms with Crippen molar-refractivity contribution in [2.75, 3.05) is 0 Å². The maximum absolute atomic E-state index is 13.4. The first kappa shape index (κ1) is 18.6. The van der Waals surface area contributed by atoms with E-state index < -0.39 is 0 Å². The molecular weight excluding hydrogens is 400 g/mol. The van der Waals surface area contributed by atoms with E-state index in [4.69, 9.17) is 4.52 Å². The van der Waals surface area contributed by atoms with Gasteiger partial charge in [-0.05, 0) is 30.7 Å². The molecule has 150 valence electrons. The Morgan fingerprint density at radius 3 is 2.67 bits per heavy atom. The third-order valence-corrected chi connectivity index (χ3v) is 5.82. The van der Waals surface area contributed by atoms with Crippen molar-refractivity contribution >= 4 is 28.4 Å². The number of aromatic nitrogens is 6. The maximum Gasteiger partial charge on any atom is 0.267 e. The summed E-state index contributed by atoms with van der Waals surface area (Å²) >= 11 is 1.44. The van der Waals surface area contributed by atoms with E-state index in [1.807, 2.05) is 66.8 Å². The van der Waals surface area contributed by atoms with Crippen molar-refractivity contribution in [2.45, 2.75) is 31.2 Å². The zero-order valence-electron chi connectivity index (χ0n) is 16.4. The fourth-order valence-electron chi connectivity index (χ4n) is 3.42. The molecule has 9 heteroatoms. The van der Waals surface area contributed by atoms with Gasteiger partial charge in [-0.15, -0.1) is 10.2 Å². The summed E-state index contributed by atoms with van der Waals surface area (Å²) in [5.41, 5.74) is 2.40. The summed E-state index contributed by atoms with van der Waals surface area (Å²) in [6.07, 6.45) is 0.718. The zero-order chi connectivity index (χ0) is 20.7. The van der Waals surface area contributed by atoms with Crippen LogP contribution in [0.1, 0.15) is 24.2 Å². The van der Waals surface area contributed by atoms with Crippen molar-refractivity contribution in [2.24, 2.45) is 0 Å². The maximum atomic E-state index is 13.4. The van der Waals surface area contributed by atoms with Crippen LogP contribution in [0.4, 0.5) is 0 Å². The molecule has 5 aromatic rings. The fraction of sp³-hybridized carbons (Fsp3) is 0.190. The number of hydrogen-bond donors (Lipinski definition) is 0. The Hall–Kier alpha value is -3.46. The molecule has 0 amide bonds. The number of aryl methyl sites for hydroxylation is 2. The first-order chi connectivity index (χ1) is 14.7. The van der Waals surface area contributed by atoms with Gasteiger partial charge in [0.1, 0.15) is 0 Å². The van der Waals surface area contributed by atoms with Crippen LogP contribution < -0.4 is 5.56 Å². The molecule has 0 aliphatic heterocycles. The third-order valence-electron chi connectivity index (χ3n) is 4.90. The predicted octanol–water partition coefficient (Wildman–Crippen LogP) is 3.58. The van der Waals surface area contributed by atoms with Gasteiger partial charge in [-0.25, -0.2) is 4.57 Å². The Kier molecular flexibility index (Phi) is 4.59. The van der Waals surface area contributed by atoms with E-state index in [0.29, 0.717) is 33.8 Å². The van der Waals surface area contributed by atoms with Gasteiger partial charge in [0, 0.05) is 6.42 Å². The predicted molar refractivity (Wildman–Crippen MR) is 114 cm³/mol. The highest BCUT2D eigenvalue weighted by Crippen LogP contribution is 2.26. The number of rotatable bonds is 5. The molecule has 0 aliphatic carbocycles. The second-order valence-corrected chi connectivity index (χ2v) is 7.75. The van der Waals surface area contributed by atoms with Crippen LogP contribution in [0.25, 0.3) is 22.4 Å². The fourth-order valence-corrected chi connectivity index (χ4v) is 4.20. The van der Waals surface area contributed by atoms with Crippen molar-refractivity contribution in [3.8, 4) is 5.69 Å². The molecule has 0 radical (unpaired) electrons. The highest BCUT2D eigenvalue weighted by Gasteiger charge is 2.19. The van der Waals surface area contributed by atoms with E-state index in [1.165, 1.54) is 11.8 Å². The van der Waals surface area contributed by atoms with Crippen molar-refractivity contribution in [1.82, 2.24) is 29.3 Å². The van der Waals surface area contributed by atoms with Gasteiger partial charge in [0.25, 0.3) is 5.56 Å². The van der Waals surface area contributed by atoms with Crippen molar-refractivity contribution in [3.63, 3.8) is 0 Å². The summed E-state index contributed by atoms with van der Waals surface area (Å²) in [5.74, 6) is 2.14. The minimum absolute atomic E-state index is 0.124. The van der Waals surface area contributed by atoms with E-state index in [1.54, 1.807) is 4.57 Å². The summed E-state index contributed by atoms with van der Waals surface area (Å²) in [6, 6.07) is 15.2. The first-order valence-electron chi connectivity index (χ1n) is 9.56. The highest BCUT2D eigenvalue weighted by molar-refractivity contribution is 7.98. The van der Waals surface area contributed by atoms with Crippen LogP contribution in [0, 0.1) is 6.92 Å². The zero-order valence-corrected chi connectivity index (χ0v) is 17.3. The largest absolute Gasteiger partial charge is 0.338 e. The molecule has 3 aromatic heterocycles. The highest BCUT2D eigenvalue weighted by atomic mass is 32.2. The number of para-hydroxylation sites is 2. The first-order valence-corrected chi connectivity index (χ1v) is 10.5. The molecule has 0 spiro atoms. The van der Waals surface area contributed by atoms with Gasteiger partial charge in [0.05, 0.1) is 22.3 Å². The average molecular weight is 418 g/mol. The Morgan fingerprint density at radius 1 is 1.07 bits per heavy atom. The molecule has 0 atom stereocenters. The average Bonchev–Trinajstić information content (AvgIpc) is 3.40. The van der Waals surface area contributed by atoms with Crippen molar-refractivity contribution in [3.05, 3.63) is 76.2 Å². The van der Waals surface area contributed by atoms with Crippen LogP contribution in [0.15, 0.2) is 63.0 Å². The Balaban J connectivity index is 1.71. The van der Waals surface area contributed by atoms with Crippen LogP contribution in [-0.2, 0) is 12.2 Å². The number of hydrogen-bond acceptors (Lipinski definition) is 7. The number of fused-ring (bicyclic) bond motifs is 3. The molecule has 3 heterocycles.